The predicted octanol–water partition coefficient (Wildman–Crippen LogP) is 4.92. The second kappa shape index (κ2) is 10.5. The number of nitrogens with two attached hydrogens (primary N) is 1. The molecule has 194 valence electrons. The monoisotopic (exact) mass is 503 g/mol. The van der Waals surface area contributed by atoms with Crippen LogP contribution in [-0.4, -0.2) is 52.7 Å². The van der Waals surface area contributed by atoms with E-state index in [9.17, 15) is 14.7 Å². The molecule has 0 saturated carbocycles. The second-order valence-corrected chi connectivity index (χ2v) is 10.4. The first-order chi connectivity index (χ1) is 17.5. The zero-order valence-electron chi connectivity index (χ0n) is 21.4. The fourth-order valence-corrected chi connectivity index (χ4v) is 4.46. The number of fused-ring (bicyclic) bond motifs is 1. The Morgan fingerprint density at radius 2 is 1.78 bits per heavy atom. The van der Waals surface area contributed by atoms with E-state index in [1.54, 1.807) is 35.2 Å². The van der Waals surface area contributed by atoms with Crippen molar-refractivity contribution in [2.45, 2.75) is 51.2 Å². The Morgan fingerprint density at radius 3 is 2.43 bits per heavy atom. The molecule has 1 aliphatic heterocycles. The zero-order valence-corrected chi connectivity index (χ0v) is 21.4. The Bertz CT molecular complexity index is 1310. The first kappa shape index (κ1) is 26.0. The molecule has 0 aliphatic carbocycles. The minimum atomic E-state index is -0.907. The molecule has 0 spiro atoms. The van der Waals surface area contributed by atoms with Crippen LogP contribution in [0, 0.1) is 5.41 Å². The largest absolute Gasteiger partial charge is 0.489 e. The van der Waals surface area contributed by atoms with Gasteiger partial charge in [0.25, 0.3) is 0 Å². The molecule has 2 atom stereocenters. The Hall–Kier alpha value is -4.07. The van der Waals surface area contributed by atoms with Crippen LogP contribution in [0.4, 0.5) is 4.79 Å². The second-order valence-electron chi connectivity index (χ2n) is 10.4. The molecule has 3 aromatic carbocycles. The number of nitrogens with one attached hydrogen (secondary N) is 1. The van der Waals surface area contributed by atoms with Crippen LogP contribution in [0.15, 0.2) is 60.7 Å². The molecule has 4 rings (SSSR count). The summed E-state index contributed by atoms with van der Waals surface area (Å²) in [6.45, 7) is 6.53. The van der Waals surface area contributed by atoms with Crippen molar-refractivity contribution in [3.8, 4) is 5.75 Å². The Balaban J connectivity index is 1.42. The summed E-state index contributed by atoms with van der Waals surface area (Å²) in [4.78, 5) is 26.1. The minimum Gasteiger partial charge on any atom is -0.489 e. The molecule has 8 heteroatoms. The lowest BCUT2D eigenvalue weighted by Crippen LogP contribution is -2.36. The molecule has 1 fully saturated rings. The van der Waals surface area contributed by atoms with E-state index in [4.69, 9.17) is 20.6 Å². The lowest BCUT2D eigenvalue weighted by Gasteiger charge is -2.24. The van der Waals surface area contributed by atoms with Gasteiger partial charge in [0.1, 0.15) is 23.3 Å². The van der Waals surface area contributed by atoms with Crippen molar-refractivity contribution >= 4 is 28.7 Å². The van der Waals surface area contributed by atoms with Crippen LogP contribution in [0.25, 0.3) is 10.8 Å². The number of carbonyl (C=O) groups is 2. The van der Waals surface area contributed by atoms with Crippen LogP contribution in [-0.2, 0) is 16.0 Å². The molecule has 0 bridgehead atoms. The number of rotatable bonds is 7. The van der Waals surface area contributed by atoms with E-state index in [1.165, 1.54) is 0 Å². The smallest absolute Gasteiger partial charge is 0.410 e. The summed E-state index contributed by atoms with van der Waals surface area (Å²) in [7, 11) is 0. The van der Waals surface area contributed by atoms with E-state index in [0.717, 1.165) is 16.3 Å². The van der Waals surface area contributed by atoms with Gasteiger partial charge in [0, 0.05) is 18.5 Å². The van der Waals surface area contributed by atoms with Crippen molar-refractivity contribution in [3.63, 3.8) is 0 Å². The van der Waals surface area contributed by atoms with Gasteiger partial charge in [0.2, 0.25) is 0 Å². The van der Waals surface area contributed by atoms with Gasteiger partial charge in [0.05, 0.1) is 12.5 Å². The molecule has 0 radical (unpaired) electrons. The lowest BCUT2D eigenvalue weighted by atomic mass is 9.91. The third kappa shape index (κ3) is 6.58. The van der Waals surface area contributed by atoms with Crippen LogP contribution in [0.3, 0.4) is 0 Å². The Labute approximate surface area is 216 Å². The standard InChI is InChI=1S/C29H33N3O5/c1-29(2,3)37-28(35)32-13-12-24(17-32)36-23-10-8-20(9-11-23)25(27(33)34)15-18-4-5-19-6-7-21(26(30)31)16-22(19)14-18/h4-11,14,16,24-25H,12-13,15,17H2,1-3H3,(H3,30,31)(H,33,34)/t24-,25-/m0/s1. The van der Waals surface area contributed by atoms with Gasteiger partial charge in [-0.25, -0.2) is 4.79 Å². The van der Waals surface area contributed by atoms with Crippen LogP contribution >= 0.6 is 0 Å². The molecular weight excluding hydrogens is 470 g/mol. The van der Waals surface area contributed by atoms with Crippen LogP contribution in [0.5, 0.6) is 5.75 Å². The van der Waals surface area contributed by atoms with E-state index < -0.39 is 17.5 Å². The number of hydrogen-bond acceptors (Lipinski definition) is 5. The summed E-state index contributed by atoms with van der Waals surface area (Å²) in [6.07, 6.45) is 0.533. The highest BCUT2D eigenvalue weighted by Gasteiger charge is 2.31. The van der Waals surface area contributed by atoms with E-state index in [1.807, 2.05) is 51.1 Å². The first-order valence-corrected chi connectivity index (χ1v) is 12.3. The van der Waals surface area contributed by atoms with Gasteiger partial charge in [-0.2, -0.15) is 0 Å². The quantitative estimate of drug-likeness (QED) is 0.310. The zero-order chi connectivity index (χ0) is 26.7. The molecule has 0 aromatic heterocycles. The van der Waals surface area contributed by atoms with Crippen LogP contribution in [0.1, 0.15) is 49.8 Å². The van der Waals surface area contributed by atoms with E-state index in [-0.39, 0.29) is 18.0 Å². The van der Waals surface area contributed by atoms with Crippen molar-refractivity contribution in [2.24, 2.45) is 5.73 Å². The number of aliphatic carboxylic acids is 1. The number of nitrogens with zero attached hydrogens (tertiary/aromatic N) is 1. The molecule has 1 amide bonds. The Morgan fingerprint density at radius 1 is 1.08 bits per heavy atom. The van der Waals surface area contributed by atoms with Gasteiger partial charge in [-0.05, 0) is 67.3 Å². The highest BCUT2D eigenvalue weighted by atomic mass is 16.6. The number of carboxylic acid groups (broad SMARTS) is 1. The number of carbonyl (C=O) groups excluding carboxylic acids is 1. The van der Waals surface area contributed by atoms with Crippen LogP contribution in [0.2, 0.25) is 0 Å². The van der Waals surface area contributed by atoms with Gasteiger partial charge in [-0.1, -0.05) is 42.5 Å². The first-order valence-electron chi connectivity index (χ1n) is 12.3. The van der Waals surface area contributed by atoms with Crippen molar-refractivity contribution in [1.29, 1.82) is 5.41 Å². The number of likely N-dealkylation sites (tertiary alicyclic amines) is 1. The molecule has 4 N–H and O–H groups in total. The maximum absolute atomic E-state index is 12.3. The summed E-state index contributed by atoms with van der Waals surface area (Å²) in [5, 5.41) is 19.5. The number of benzene rings is 3. The SMILES string of the molecule is CC(C)(C)OC(=O)N1CC[C@H](Oc2ccc([C@H](Cc3ccc4ccc(C(=N)N)cc4c3)C(=O)O)cc2)C1. The molecule has 1 aliphatic rings. The minimum absolute atomic E-state index is 0.00632. The fourth-order valence-electron chi connectivity index (χ4n) is 4.46. The van der Waals surface area contributed by atoms with E-state index in [0.29, 0.717) is 42.8 Å². The van der Waals surface area contributed by atoms with Gasteiger partial charge >= 0.3 is 12.1 Å². The molecule has 3 aromatic rings. The van der Waals surface area contributed by atoms with Crippen molar-refractivity contribution in [1.82, 2.24) is 4.90 Å². The third-order valence-electron chi connectivity index (χ3n) is 6.34. The van der Waals surface area contributed by atoms with Crippen molar-refractivity contribution < 1.29 is 24.2 Å². The average Bonchev–Trinajstić information content (AvgIpc) is 3.30. The number of amidine groups is 1. The van der Waals surface area contributed by atoms with E-state index in [2.05, 4.69) is 0 Å². The van der Waals surface area contributed by atoms with Crippen molar-refractivity contribution in [3.05, 3.63) is 77.4 Å². The Kier molecular flexibility index (Phi) is 7.38. The van der Waals surface area contributed by atoms with Gasteiger partial charge < -0.3 is 25.2 Å². The number of amides is 1. The lowest BCUT2D eigenvalue weighted by molar-refractivity contribution is -0.138. The number of hydrogen-bond donors (Lipinski definition) is 3. The van der Waals surface area contributed by atoms with Gasteiger partial charge in [-0.15, -0.1) is 0 Å². The molecule has 0 unspecified atom stereocenters. The summed E-state index contributed by atoms with van der Waals surface area (Å²) in [5.41, 5.74) is 7.27. The normalized spacial score (nSPS) is 16.4. The number of nitrogen functional groups attached to an aromatic ring is 1. The summed E-state index contributed by atoms with van der Waals surface area (Å²) in [6, 6.07) is 18.5. The fraction of sp³-hybridized carbons (Fsp3) is 0.345. The van der Waals surface area contributed by atoms with Gasteiger partial charge in [-0.3, -0.25) is 10.2 Å². The third-order valence-corrected chi connectivity index (χ3v) is 6.34. The molecular formula is C29H33N3O5. The maximum atomic E-state index is 12.3. The number of ether oxygens (including phenoxy) is 2. The maximum Gasteiger partial charge on any atom is 0.410 e. The van der Waals surface area contributed by atoms with Crippen molar-refractivity contribution in [2.75, 3.05) is 13.1 Å². The summed E-state index contributed by atoms with van der Waals surface area (Å²) in [5.74, 6) is -1.01. The summed E-state index contributed by atoms with van der Waals surface area (Å²) < 4.78 is 11.5. The highest BCUT2D eigenvalue weighted by molar-refractivity contribution is 5.99. The molecule has 1 saturated heterocycles. The summed E-state index contributed by atoms with van der Waals surface area (Å²) >= 11 is 0. The predicted molar refractivity (Wildman–Crippen MR) is 142 cm³/mol. The topological polar surface area (TPSA) is 126 Å². The molecule has 1 heterocycles. The van der Waals surface area contributed by atoms with E-state index >= 15 is 0 Å². The van der Waals surface area contributed by atoms with Gasteiger partial charge in [0.15, 0.2) is 0 Å². The highest BCUT2D eigenvalue weighted by Crippen LogP contribution is 2.27. The average molecular weight is 504 g/mol. The molecule has 37 heavy (non-hydrogen) atoms. The number of carboxylic acids is 1. The molecule has 8 nitrogen and oxygen atoms in total. The van der Waals surface area contributed by atoms with Crippen LogP contribution < -0.4 is 10.5 Å².